The van der Waals surface area contributed by atoms with Gasteiger partial charge in [0, 0.05) is 5.33 Å². The second-order valence-corrected chi connectivity index (χ2v) is 4.46. The molecule has 0 fully saturated rings. The van der Waals surface area contributed by atoms with Crippen LogP contribution in [0.25, 0.3) is 0 Å². The molecule has 12 heavy (non-hydrogen) atoms. The molecule has 0 aromatic carbocycles. The van der Waals surface area contributed by atoms with Crippen molar-refractivity contribution in [1.82, 2.24) is 0 Å². The molecule has 0 heterocycles. The standard InChI is InChI=1S/C6H14BrO4P/c7-5-3-1-2-4-6-11-12(8,9)10/h1-6H2,(H2,8,9,10). The summed E-state index contributed by atoms with van der Waals surface area (Å²) in [6, 6.07) is 0. The zero-order valence-electron chi connectivity index (χ0n) is 6.78. The first-order valence-corrected chi connectivity index (χ1v) is 6.47. The molecule has 74 valence electrons. The quantitative estimate of drug-likeness (QED) is 0.418. The summed E-state index contributed by atoms with van der Waals surface area (Å²) in [5.74, 6) is 0. The minimum atomic E-state index is -4.23. The minimum absolute atomic E-state index is 0.145. The molecule has 4 nitrogen and oxygen atoms in total. The maximum atomic E-state index is 10.2. The smallest absolute Gasteiger partial charge is 0.303 e. The fourth-order valence-electron chi connectivity index (χ4n) is 0.734. The van der Waals surface area contributed by atoms with Gasteiger partial charge < -0.3 is 9.79 Å². The van der Waals surface area contributed by atoms with Gasteiger partial charge in [0.2, 0.25) is 0 Å². The van der Waals surface area contributed by atoms with Gasteiger partial charge in [0.05, 0.1) is 6.61 Å². The second-order valence-electron chi connectivity index (χ2n) is 2.43. The highest BCUT2D eigenvalue weighted by Crippen LogP contribution is 2.35. The van der Waals surface area contributed by atoms with E-state index in [1.807, 2.05) is 0 Å². The van der Waals surface area contributed by atoms with Gasteiger partial charge in [0.25, 0.3) is 0 Å². The number of hydrogen-bond acceptors (Lipinski definition) is 2. The molecule has 0 amide bonds. The van der Waals surface area contributed by atoms with Crippen LogP contribution >= 0.6 is 23.8 Å². The first-order valence-electron chi connectivity index (χ1n) is 3.82. The highest BCUT2D eigenvalue weighted by molar-refractivity contribution is 9.09. The van der Waals surface area contributed by atoms with Gasteiger partial charge in [-0.05, 0) is 12.8 Å². The topological polar surface area (TPSA) is 66.8 Å². The number of halogens is 1. The summed E-state index contributed by atoms with van der Waals surface area (Å²) in [6.45, 7) is 0.145. The Hall–Kier alpha value is 0.590. The molecule has 0 unspecified atom stereocenters. The molecule has 2 N–H and O–H groups in total. The Balaban J connectivity index is 3.06. The molecule has 0 aliphatic rings. The zero-order chi connectivity index (χ0) is 9.45. The first kappa shape index (κ1) is 12.6. The number of rotatable bonds is 7. The highest BCUT2D eigenvalue weighted by atomic mass is 79.9. The van der Waals surface area contributed by atoms with Crippen molar-refractivity contribution in [2.24, 2.45) is 0 Å². The lowest BCUT2D eigenvalue weighted by Gasteiger charge is -2.03. The van der Waals surface area contributed by atoms with Crippen LogP contribution in [0.4, 0.5) is 0 Å². The average Bonchev–Trinajstić information content (AvgIpc) is 1.94. The van der Waals surface area contributed by atoms with E-state index in [1.54, 1.807) is 0 Å². The highest BCUT2D eigenvalue weighted by Gasteiger charge is 2.11. The summed E-state index contributed by atoms with van der Waals surface area (Å²) in [5, 5.41) is 0.979. The Labute approximate surface area is 80.7 Å². The van der Waals surface area contributed by atoms with E-state index in [-0.39, 0.29) is 6.61 Å². The van der Waals surface area contributed by atoms with E-state index in [1.165, 1.54) is 0 Å². The fourth-order valence-corrected chi connectivity index (χ4v) is 1.50. The van der Waals surface area contributed by atoms with E-state index >= 15 is 0 Å². The number of unbranched alkanes of at least 4 members (excludes halogenated alkanes) is 3. The molecule has 0 radical (unpaired) electrons. The van der Waals surface area contributed by atoms with E-state index in [4.69, 9.17) is 9.79 Å². The SMILES string of the molecule is O=P(O)(O)OCCCCCCBr. The Bertz CT molecular complexity index is 146. The lowest BCUT2D eigenvalue weighted by molar-refractivity contribution is 0.193. The van der Waals surface area contributed by atoms with Crippen LogP contribution in [-0.2, 0) is 9.09 Å². The summed E-state index contributed by atoms with van der Waals surface area (Å²) in [5.41, 5.74) is 0. The van der Waals surface area contributed by atoms with Gasteiger partial charge in [-0.1, -0.05) is 28.8 Å². The van der Waals surface area contributed by atoms with Crippen LogP contribution in [-0.4, -0.2) is 21.7 Å². The Morgan fingerprint density at radius 3 is 2.25 bits per heavy atom. The van der Waals surface area contributed by atoms with E-state index in [9.17, 15) is 4.57 Å². The molecule has 0 aromatic heterocycles. The second kappa shape index (κ2) is 7.04. The van der Waals surface area contributed by atoms with Crippen molar-refractivity contribution in [3.8, 4) is 0 Å². The van der Waals surface area contributed by atoms with Crippen LogP contribution in [0.15, 0.2) is 0 Å². The van der Waals surface area contributed by atoms with Crippen molar-refractivity contribution in [1.29, 1.82) is 0 Å². The lowest BCUT2D eigenvalue weighted by Crippen LogP contribution is -1.92. The van der Waals surface area contributed by atoms with Crippen molar-refractivity contribution >= 4 is 23.8 Å². The summed E-state index contributed by atoms with van der Waals surface area (Å²) < 4.78 is 14.4. The van der Waals surface area contributed by atoms with Crippen molar-refractivity contribution in [3.63, 3.8) is 0 Å². The predicted octanol–water partition coefficient (Wildman–Crippen LogP) is 2.05. The van der Waals surface area contributed by atoms with Crippen LogP contribution in [0, 0.1) is 0 Å². The number of alkyl halides is 1. The van der Waals surface area contributed by atoms with Crippen molar-refractivity contribution in [2.75, 3.05) is 11.9 Å². The molecule has 0 saturated carbocycles. The summed E-state index contributed by atoms with van der Waals surface area (Å²) >= 11 is 3.29. The van der Waals surface area contributed by atoms with E-state index in [0.717, 1.165) is 24.6 Å². The van der Waals surface area contributed by atoms with Crippen LogP contribution in [0.5, 0.6) is 0 Å². The number of hydrogen-bond donors (Lipinski definition) is 2. The Kier molecular flexibility index (Phi) is 7.38. The molecule has 0 aromatic rings. The molecular formula is C6H14BrO4P. The van der Waals surface area contributed by atoms with E-state index in [0.29, 0.717) is 6.42 Å². The van der Waals surface area contributed by atoms with Crippen molar-refractivity contribution in [3.05, 3.63) is 0 Å². The van der Waals surface area contributed by atoms with Crippen molar-refractivity contribution < 1.29 is 18.9 Å². The van der Waals surface area contributed by atoms with E-state index in [2.05, 4.69) is 20.5 Å². The fraction of sp³-hybridized carbons (Fsp3) is 1.00. The average molecular weight is 261 g/mol. The van der Waals surface area contributed by atoms with Crippen LogP contribution < -0.4 is 0 Å². The molecule has 0 aliphatic heterocycles. The minimum Gasteiger partial charge on any atom is -0.303 e. The lowest BCUT2D eigenvalue weighted by atomic mass is 10.2. The summed E-state index contributed by atoms with van der Waals surface area (Å²) in [4.78, 5) is 16.6. The molecular weight excluding hydrogens is 247 g/mol. The normalized spacial score (nSPS) is 11.9. The van der Waals surface area contributed by atoms with Crippen molar-refractivity contribution in [2.45, 2.75) is 25.7 Å². The number of phosphoric acid groups is 1. The number of phosphoric ester groups is 1. The zero-order valence-corrected chi connectivity index (χ0v) is 9.26. The largest absolute Gasteiger partial charge is 0.469 e. The third kappa shape index (κ3) is 10.6. The molecule has 0 saturated heterocycles. The molecule has 0 bridgehead atoms. The third-order valence-electron chi connectivity index (χ3n) is 1.29. The molecule has 0 rings (SSSR count). The summed E-state index contributed by atoms with van der Waals surface area (Å²) in [6.07, 6.45) is 3.81. The maximum Gasteiger partial charge on any atom is 0.469 e. The van der Waals surface area contributed by atoms with Gasteiger partial charge in [-0.25, -0.2) is 4.57 Å². The first-order chi connectivity index (χ1) is 5.56. The molecule has 6 heteroatoms. The molecule has 0 atom stereocenters. The molecule has 0 spiro atoms. The van der Waals surface area contributed by atoms with Crippen LogP contribution in [0.3, 0.4) is 0 Å². The predicted molar refractivity (Wildman–Crippen MR) is 50.3 cm³/mol. The Morgan fingerprint density at radius 1 is 1.17 bits per heavy atom. The van der Waals surface area contributed by atoms with Gasteiger partial charge >= 0.3 is 7.82 Å². The van der Waals surface area contributed by atoms with Gasteiger partial charge in [-0.3, -0.25) is 4.52 Å². The van der Waals surface area contributed by atoms with Gasteiger partial charge in [-0.2, -0.15) is 0 Å². The summed E-state index contributed by atoms with van der Waals surface area (Å²) in [7, 11) is -4.23. The van der Waals surface area contributed by atoms with Gasteiger partial charge in [0.15, 0.2) is 0 Å². The molecule has 0 aliphatic carbocycles. The van der Waals surface area contributed by atoms with E-state index < -0.39 is 7.82 Å². The van der Waals surface area contributed by atoms with Gasteiger partial charge in [-0.15, -0.1) is 0 Å². The van der Waals surface area contributed by atoms with Gasteiger partial charge in [0.1, 0.15) is 0 Å². The monoisotopic (exact) mass is 260 g/mol. The van der Waals surface area contributed by atoms with Crippen LogP contribution in [0.2, 0.25) is 0 Å². The third-order valence-corrected chi connectivity index (χ3v) is 2.37. The van der Waals surface area contributed by atoms with Crippen LogP contribution in [0.1, 0.15) is 25.7 Å². The maximum absolute atomic E-state index is 10.2. The Morgan fingerprint density at radius 2 is 1.75 bits per heavy atom.